The van der Waals surface area contributed by atoms with Gasteiger partial charge in [0.05, 0.1) is 0 Å². The van der Waals surface area contributed by atoms with Gasteiger partial charge in [0.25, 0.3) is 0 Å². The van der Waals surface area contributed by atoms with Gasteiger partial charge in [0.2, 0.25) is 0 Å². The van der Waals surface area contributed by atoms with Crippen molar-refractivity contribution in [3.63, 3.8) is 0 Å². The van der Waals surface area contributed by atoms with Crippen molar-refractivity contribution in [1.82, 2.24) is 0 Å². The Labute approximate surface area is 136 Å². The minimum absolute atomic E-state index is 0.336. The van der Waals surface area contributed by atoms with E-state index < -0.39 is 8.32 Å². The van der Waals surface area contributed by atoms with Crippen LogP contribution in [0.3, 0.4) is 0 Å². The Bertz CT molecular complexity index is 272. The maximum Gasteiger partial charge on any atom is 0.192 e. The van der Waals surface area contributed by atoms with Crippen LogP contribution < -0.4 is 0 Å². The van der Waals surface area contributed by atoms with Gasteiger partial charge in [-0.05, 0) is 56.2 Å². The van der Waals surface area contributed by atoms with Crippen LogP contribution in [-0.2, 0) is 4.43 Å². The lowest BCUT2D eigenvalue weighted by Gasteiger charge is -2.42. The molecule has 0 aromatic heterocycles. The highest BCUT2D eigenvalue weighted by Gasteiger charge is 2.42. The van der Waals surface area contributed by atoms with Crippen LogP contribution in [0.1, 0.15) is 59.8 Å². The van der Waals surface area contributed by atoms with Crippen molar-refractivity contribution in [1.29, 1.82) is 0 Å². The molecule has 0 aliphatic heterocycles. The quantitative estimate of drug-likeness (QED) is 0.175. The predicted molar refractivity (Wildman–Crippen MR) is 98.3 cm³/mol. The number of rotatable bonds is 11. The molecule has 1 nitrogen and oxygen atoms in total. The summed E-state index contributed by atoms with van der Waals surface area (Å²) in [6.45, 7) is 15.0. The molecule has 120 valence electrons. The van der Waals surface area contributed by atoms with Crippen molar-refractivity contribution >= 4 is 24.2 Å². The molecule has 20 heavy (non-hydrogen) atoms. The Morgan fingerprint density at radius 2 is 1.60 bits per heavy atom. The fourth-order valence-corrected chi connectivity index (χ4v) is 4.74. The van der Waals surface area contributed by atoms with Gasteiger partial charge in [-0.2, -0.15) is 0 Å². The van der Waals surface area contributed by atoms with Gasteiger partial charge in [0.15, 0.2) is 8.32 Å². The molecule has 0 bridgehead atoms. The molecule has 0 saturated heterocycles. The lowest BCUT2D eigenvalue weighted by Crippen LogP contribution is -2.45. The number of hydrogen-bond donors (Lipinski definition) is 0. The third-order valence-electron chi connectivity index (χ3n) is 4.89. The third-order valence-corrected chi connectivity index (χ3v) is 10.1. The van der Waals surface area contributed by atoms with Crippen LogP contribution >= 0.6 is 15.9 Å². The van der Waals surface area contributed by atoms with E-state index in [9.17, 15) is 0 Å². The standard InChI is InChI=1S/C17H35BrOSi/c1-16(2)17(3,4)20(5,6)19-15-13-11-9-7-8-10-12-14-18/h7-8,16H,9-15H2,1-6H3/b8-7-. The van der Waals surface area contributed by atoms with E-state index in [0.717, 1.165) is 11.9 Å². The molecule has 0 N–H and O–H groups in total. The zero-order valence-corrected chi connectivity index (χ0v) is 17.1. The van der Waals surface area contributed by atoms with Crippen molar-refractivity contribution in [2.45, 2.75) is 77.9 Å². The summed E-state index contributed by atoms with van der Waals surface area (Å²) in [4.78, 5) is 0. The van der Waals surface area contributed by atoms with Crippen LogP contribution in [0.25, 0.3) is 0 Å². The zero-order chi connectivity index (χ0) is 15.6. The smallest absolute Gasteiger partial charge is 0.192 e. The summed E-state index contributed by atoms with van der Waals surface area (Å²) in [5.41, 5.74) is 0. The first-order chi connectivity index (χ1) is 9.25. The van der Waals surface area contributed by atoms with Crippen molar-refractivity contribution in [3.8, 4) is 0 Å². The second kappa shape index (κ2) is 10.2. The molecule has 0 heterocycles. The van der Waals surface area contributed by atoms with Crippen LogP contribution in [0.5, 0.6) is 0 Å². The molecule has 0 saturated carbocycles. The molecule has 0 unspecified atom stereocenters. The maximum atomic E-state index is 6.31. The summed E-state index contributed by atoms with van der Waals surface area (Å²) in [7, 11) is -1.60. The molecular weight excluding hydrogens is 328 g/mol. The van der Waals surface area contributed by atoms with Crippen molar-refractivity contribution < 1.29 is 4.43 Å². The molecule has 0 aromatic carbocycles. The topological polar surface area (TPSA) is 9.23 Å². The van der Waals surface area contributed by atoms with Crippen molar-refractivity contribution in [2.75, 3.05) is 11.9 Å². The monoisotopic (exact) mass is 362 g/mol. The van der Waals surface area contributed by atoms with Gasteiger partial charge in [0, 0.05) is 11.9 Å². The largest absolute Gasteiger partial charge is 0.417 e. The normalized spacial score (nSPS) is 13.6. The van der Waals surface area contributed by atoms with Gasteiger partial charge in [-0.15, -0.1) is 0 Å². The Balaban J connectivity index is 3.81. The number of alkyl halides is 1. The van der Waals surface area contributed by atoms with Gasteiger partial charge in [-0.25, -0.2) is 0 Å². The van der Waals surface area contributed by atoms with Crippen molar-refractivity contribution in [2.24, 2.45) is 5.92 Å². The number of unbranched alkanes of at least 4 members (excludes halogenated alkanes) is 3. The maximum absolute atomic E-state index is 6.31. The molecule has 0 fully saturated rings. The van der Waals surface area contributed by atoms with Crippen molar-refractivity contribution in [3.05, 3.63) is 12.2 Å². The Kier molecular flexibility index (Phi) is 10.4. The fourth-order valence-electron chi connectivity index (χ4n) is 2.00. The highest BCUT2D eigenvalue weighted by Crippen LogP contribution is 2.44. The van der Waals surface area contributed by atoms with E-state index in [1.165, 1.54) is 32.1 Å². The summed E-state index contributed by atoms with van der Waals surface area (Å²) < 4.78 is 6.31. The fraction of sp³-hybridized carbons (Fsp3) is 0.882. The molecule has 0 amide bonds. The lowest BCUT2D eigenvalue weighted by atomic mass is 9.99. The molecule has 3 heteroatoms. The molecule has 0 aromatic rings. The second-order valence-corrected chi connectivity index (χ2v) is 12.4. The Hall–Kier alpha value is 0.397. The summed E-state index contributed by atoms with van der Waals surface area (Å²) in [5.74, 6) is 0.682. The van der Waals surface area contributed by atoms with Gasteiger partial charge < -0.3 is 4.43 Å². The lowest BCUT2D eigenvalue weighted by molar-refractivity contribution is 0.260. The molecular formula is C17H35BrOSi. The van der Waals surface area contributed by atoms with E-state index in [4.69, 9.17) is 4.43 Å². The van der Waals surface area contributed by atoms with Crippen LogP contribution in [0, 0.1) is 5.92 Å². The average Bonchev–Trinajstić information content (AvgIpc) is 2.36. The van der Waals surface area contributed by atoms with Crippen LogP contribution in [0.4, 0.5) is 0 Å². The first kappa shape index (κ1) is 20.4. The molecule has 0 aliphatic rings. The molecule has 0 rings (SSSR count). The van der Waals surface area contributed by atoms with E-state index in [-0.39, 0.29) is 0 Å². The predicted octanol–water partition coefficient (Wildman–Crippen LogP) is 6.55. The highest BCUT2D eigenvalue weighted by molar-refractivity contribution is 9.09. The highest BCUT2D eigenvalue weighted by atomic mass is 79.9. The number of allylic oxidation sites excluding steroid dienone is 2. The zero-order valence-electron chi connectivity index (χ0n) is 14.5. The third kappa shape index (κ3) is 7.42. The first-order valence-corrected chi connectivity index (χ1v) is 12.1. The van der Waals surface area contributed by atoms with Gasteiger partial charge in [-0.1, -0.05) is 55.8 Å². The second-order valence-electron chi connectivity index (χ2n) is 7.03. The molecule has 0 spiro atoms. The first-order valence-electron chi connectivity index (χ1n) is 8.10. The van der Waals surface area contributed by atoms with Crippen LogP contribution in [0.2, 0.25) is 18.1 Å². The minimum atomic E-state index is -1.60. The van der Waals surface area contributed by atoms with E-state index in [2.05, 4.69) is 68.9 Å². The molecule has 0 aliphatic carbocycles. The summed E-state index contributed by atoms with van der Waals surface area (Å²) in [5, 5.41) is 1.44. The number of halogens is 1. The van der Waals surface area contributed by atoms with Crippen LogP contribution in [-0.4, -0.2) is 20.3 Å². The van der Waals surface area contributed by atoms with Crippen LogP contribution in [0.15, 0.2) is 12.2 Å². The Morgan fingerprint density at radius 3 is 2.10 bits per heavy atom. The van der Waals surface area contributed by atoms with Gasteiger partial charge in [0.1, 0.15) is 0 Å². The Morgan fingerprint density at radius 1 is 1.05 bits per heavy atom. The van der Waals surface area contributed by atoms with Gasteiger partial charge in [-0.3, -0.25) is 0 Å². The minimum Gasteiger partial charge on any atom is -0.417 e. The van der Waals surface area contributed by atoms with E-state index in [0.29, 0.717) is 11.0 Å². The molecule has 0 radical (unpaired) electrons. The number of hydrogen-bond acceptors (Lipinski definition) is 1. The summed E-state index contributed by atoms with van der Waals surface area (Å²) in [6.07, 6.45) is 10.7. The SMILES string of the molecule is CC(C)C(C)(C)[Si](C)(C)OCCCC/C=C\CCCBr. The average molecular weight is 363 g/mol. The molecule has 0 atom stereocenters. The van der Waals surface area contributed by atoms with E-state index >= 15 is 0 Å². The summed E-state index contributed by atoms with van der Waals surface area (Å²) >= 11 is 3.45. The van der Waals surface area contributed by atoms with E-state index in [1.807, 2.05) is 0 Å². The van der Waals surface area contributed by atoms with Gasteiger partial charge >= 0.3 is 0 Å². The van der Waals surface area contributed by atoms with E-state index in [1.54, 1.807) is 0 Å². The summed E-state index contributed by atoms with van der Waals surface area (Å²) in [6, 6.07) is 0.